The largest absolute Gasteiger partial charge is 0.311 e. The van der Waals surface area contributed by atoms with Crippen molar-refractivity contribution < 1.29 is 0 Å². The van der Waals surface area contributed by atoms with Crippen molar-refractivity contribution in [2.75, 3.05) is 14.7 Å². The van der Waals surface area contributed by atoms with E-state index in [1.807, 2.05) is 0 Å². The van der Waals surface area contributed by atoms with Gasteiger partial charge in [0.2, 0.25) is 0 Å². The van der Waals surface area contributed by atoms with E-state index >= 15 is 0 Å². The summed E-state index contributed by atoms with van der Waals surface area (Å²) in [5, 5.41) is 1.39. The van der Waals surface area contributed by atoms with E-state index in [-0.39, 0.29) is 44.6 Å². The van der Waals surface area contributed by atoms with Gasteiger partial charge in [0, 0.05) is 54.7 Å². The molecule has 0 fully saturated rings. The third kappa shape index (κ3) is 8.91. The zero-order chi connectivity index (χ0) is 59.0. The van der Waals surface area contributed by atoms with Crippen molar-refractivity contribution >= 4 is 95.0 Å². The highest BCUT2D eigenvalue weighted by atomic mass is 32.1. The Morgan fingerprint density at radius 1 is 0.434 bits per heavy atom. The van der Waals surface area contributed by atoms with Crippen LogP contribution in [0.5, 0.6) is 0 Å². The van der Waals surface area contributed by atoms with Gasteiger partial charge in [-0.2, -0.15) is 0 Å². The highest BCUT2D eigenvalue weighted by Crippen LogP contribution is 2.57. The van der Waals surface area contributed by atoms with Crippen molar-refractivity contribution in [3.05, 3.63) is 177 Å². The van der Waals surface area contributed by atoms with E-state index in [1.165, 1.54) is 129 Å². The molecule has 7 aromatic carbocycles. The molecule has 8 aromatic rings. The molecule has 5 heteroatoms. The van der Waals surface area contributed by atoms with E-state index in [2.05, 4.69) is 285 Å². The van der Waals surface area contributed by atoms with E-state index in [4.69, 9.17) is 0 Å². The lowest BCUT2D eigenvalue weighted by Gasteiger charge is -2.47. The zero-order valence-electron chi connectivity index (χ0n) is 53.8. The first-order valence-corrected chi connectivity index (χ1v) is 32.5. The minimum atomic E-state index is -0.0147. The average molecular weight is 1110 g/mol. The molecule has 0 N–H and O–H groups in total. The van der Waals surface area contributed by atoms with Crippen LogP contribution in [0.25, 0.3) is 10.1 Å². The fourth-order valence-electron chi connectivity index (χ4n) is 15.6. The summed E-state index contributed by atoms with van der Waals surface area (Å²) in [5.74, 6) is 0.843. The van der Waals surface area contributed by atoms with Crippen molar-refractivity contribution in [3.8, 4) is 0 Å². The maximum Gasteiger partial charge on any atom is 0.264 e. The Morgan fingerprint density at radius 2 is 0.867 bits per heavy atom. The Bertz CT molecular complexity index is 3860. The number of rotatable bonds is 7. The Balaban J connectivity index is 1.21. The third-order valence-corrected chi connectivity index (χ3v) is 22.8. The molecule has 3 aliphatic carbocycles. The lowest BCUT2D eigenvalue weighted by molar-refractivity contribution is 0.332. The molecule has 83 heavy (non-hydrogen) atoms. The number of hydrogen-bond acceptors (Lipinski definition) is 4. The number of anilines is 9. The Hall–Kier alpha value is -6.04. The highest BCUT2D eigenvalue weighted by molar-refractivity contribution is 7.33. The van der Waals surface area contributed by atoms with Crippen LogP contribution >= 0.6 is 11.3 Å². The molecule has 0 saturated heterocycles. The molecular formula is C78H92BN3S. The first-order chi connectivity index (χ1) is 38.9. The summed E-state index contributed by atoms with van der Waals surface area (Å²) < 4.78 is 2.86. The number of benzene rings is 7. The number of nitrogens with zero attached hydrogens (tertiary/aromatic N) is 3. The molecular weight excluding hydrogens is 1020 g/mol. The Labute approximate surface area is 504 Å². The summed E-state index contributed by atoms with van der Waals surface area (Å²) in [4.78, 5) is 8.06. The van der Waals surface area contributed by atoms with Crippen LogP contribution in [0.15, 0.2) is 127 Å². The molecule has 428 valence electrons. The molecule has 0 radical (unpaired) electrons. The van der Waals surface area contributed by atoms with Crippen molar-refractivity contribution in [2.45, 2.75) is 220 Å². The van der Waals surface area contributed by atoms with Gasteiger partial charge in [-0.1, -0.05) is 180 Å². The molecule has 13 rings (SSSR count). The molecule has 3 heterocycles. The molecule has 0 unspecified atom stereocenters. The number of hydrogen-bond donors (Lipinski definition) is 0. The molecule has 3 nitrogen and oxygen atoms in total. The van der Waals surface area contributed by atoms with Crippen LogP contribution in [0.4, 0.5) is 51.2 Å². The second-order valence-corrected chi connectivity index (χ2v) is 32.9. The van der Waals surface area contributed by atoms with E-state index in [0.29, 0.717) is 11.8 Å². The quantitative estimate of drug-likeness (QED) is 0.147. The minimum absolute atomic E-state index is 0.00825. The van der Waals surface area contributed by atoms with E-state index < -0.39 is 0 Å². The SMILES string of the molecule is CC(C)c1ccc(N(c2ccc(C(C)C)cc2)c2cc3c4c(c2)N(c2ccc5c(c2)C(C)(C)CCC5(C)C)c2c(sc5cc6c(cc25)C(C)(C)CCC6(C)C)B4c2cc4c(cc2N3c2ccc(C(C)(C)C)cc2)C(C)(C)CCC4(C)C)cc1. The smallest absolute Gasteiger partial charge is 0.264 e. The first-order valence-electron chi connectivity index (χ1n) is 31.7. The van der Waals surface area contributed by atoms with E-state index in [0.717, 1.165) is 36.3 Å². The summed E-state index contributed by atoms with van der Waals surface area (Å²) in [6, 6.07) is 52.2. The molecule has 0 amide bonds. The topological polar surface area (TPSA) is 9.72 Å². The van der Waals surface area contributed by atoms with Crippen molar-refractivity contribution in [1.29, 1.82) is 0 Å². The van der Waals surface area contributed by atoms with Gasteiger partial charge in [-0.15, -0.1) is 11.3 Å². The van der Waals surface area contributed by atoms with E-state index in [1.54, 1.807) is 0 Å². The van der Waals surface area contributed by atoms with Gasteiger partial charge in [0.15, 0.2) is 0 Å². The van der Waals surface area contributed by atoms with Gasteiger partial charge in [-0.3, -0.25) is 0 Å². The van der Waals surface area contributed by atoms with E-state index in [9.17, 15) is 0 Å². The fourth-order valence-corrected chi connectivity index (χ4v) is 16.9. The standard InChI is InChI=1S/C78H92BN3S/c1-47(2)49-20-26-52(27-21-49)80(53-28-22-50(23-29-53)48(3)4)56-41-66-69-67(42-56)82(55-32-33-58-59(40-55)74(10,11)35-34-73(58,8)9)70-57-43-60-63(78(18,19)39-36-75(60,12)13)46-68(57)83-71(70)79(69)64-44-61-62(77(16,17)38-37-76(61,14)15)45-65(64)81(66)54-30-24-51(25-31-54)72(5,6)7/h20-33,40-48H,34-39H2,1-19H3. The normalized spacial score (nSPS) is 19.2. The molecule has 1 aromatic heterocycles. The predicted molar refractivity (Wildman–Crippen MR) is 363 cm³/mol. The maximum atomic E-state index is 2.79. The monoisotopic (exact) mass is 1110 g/mol. The lowest BCUT2D eigenvalue weighted by Crippen LogP contribution is -2.61. The summed E-state index contributed by atoms with van der Waals surface area (Å²) >= 11 is 2.08. The fraction of sp³-hybridized carbons (Fsp3) is 0.436. The van der Waals surface area contributed by atoms with Gasteiger partial charge >= 0.3 is 0 Å². The van der Waals surface area contributed by atoms with Crippen LogP contribution in [-0.4, -0.2) is 6.71 Å². The molecule has 2 aliphatic heterocycles. The van der Waals surface area contributed by atoms with Crippen molar-refractivity contribution in [2.24, 2.45) is 0 Å². The van der Waals surface area contributed by atoms with Gasteiger partial charge in [-0.25, -0.2) is 0 Å². The van der Waals surface area contributed by atoms with Crippen LogP contribution in [-0.2, 0) is 37.9 Å². The third-order valence-electron chi connectivity index (χ3n) is 21.6. The van der Waals surface area contributed by atoms with Gasteiger partial charge in [0.05, 0.1) is 11.4 Å². The highest BCUT2D eigenvalue weighted by Gasteiger charge is 2.50. The lowest BCUT2D eigenvalue weighted by atomic mass is 9.35. The second kappa shape index (κ2) is 18.7. The Morgan fingerprint density at radius 3 is 1.36 bits per heavy atom. The molecule has 0 spiro atoms. The van der Waals surface area contributed by atoms with Crippen LogP contribution < -0.4 is 30.4 Å². The molecule has 0 saturated carbocycles. The predicted octanol–water partition coefficient (Wildman–Crippen LogP) is 21.0. The molecule has 5 aliphatic rings. The number of thiophene rings is 1. The average Bonchev–Trinajstić information content (AvgIpc) is 1.79. The minimum Gasteiger partial charge on any atom is -0.311 e. The molecule has 0 bridgehead atoms. The summed E-state index contributed by atoms with van der Waals surface area (Å²) in [6.07, 6.45) is 7.01. The number of fused-ring (bicyclic) bond motifs is 9. The van der Waals surface area contributed by atoms with Crippen LogP contribution in [0.3, 0.4) is 0 Å². The van der Waals surface area contributed by atoms with Gasteiger partial charge in [0.1, 0.15) is 0 Å². The van der Waals surface area contributed by atoms with Crippen molar-refractivity contribution in [3.63, 3.8) is 0 Å². The molecule has 0 atom stereocenters. The van der Waals surface area contributed by atoms with Crippen molar-refractivity contribution in [1.82, 2.24) is 0 Å². The van der Waals surface area contributed by atoms with Crippen LogP contribution in [0, 0.1) is 0 Å². The Kier molecular flexibility index (Phi) is 12.7. The zero-order valence-corrected chi connectivity index (χ0v) is 54.7. The van der Waals surface area contributed by atoms with Crippen LogP contribution in [0.2, 0.25) is 0 Å². The summed E-state index contributed by atoms with van der Waals surface area (Å²) in [5.41, 5.74) is 27.2. The summed E-state index contributed by atoms with van der Waals surface area (Å²) in [7, 11) is 0. The maximum absolute atomic E-state index is 2.79. The van der Waals surface area contributed by atoms with Gasteiger partial charge < -0.3 is 14.7 Å². The first kappa shape index (κ1) is 56.1. The van der Waals surface area contributed by atoms with Gasteiger partial charge in [-0.05, 0) is 228 Å². The second-order valence-electron chi connectivity index (χ2n) is 31.8. The van der Waals surface area contributed by atoms with Gasteiger partial charge in [0.25, 0.3) is 6.71 Å². The summed E-state index contributed by atoms with van der Waals surface area (Å²) in [6.45, 7) is 46.2. The van der Waals surface area contributed by atoms with Crippen LogP contribution in [0.1, 0.15) is 232 Å².